The lowest BCUT2D eigenvalue weighted by molar-refractivity contribution is -0.124. The molecule has 0 heterocycles. The molecule has 0 aliphatic carbocycles. The van der Waals surface area contributed by atoms with E-state index in [0.717, 1.165) is 11.8 Å². The Labute approximate surface area is 88.2 Å². The Bertz CT molecular complexity index is 332. The maximum atomic E-state index is 11.0. The lowest BCUT2D eigenvalue weighted by Gasteiger charge is -2.04. The van der Waals surface area contributed by atoms with Crippen molar-refractivity contribution in [3.63, 3.8) is 0 Å². The van der Waals surface area contributed by atoms with Gasteiger partial charge in [-0.2, -0.15) is 0 Å². The van der Waals surface area contributed by atoms with Gasteiger partial charge in [-0.1, -0.05) is 24.3 Å². The van der Waals surface area contributed by atoms with Crippen molar-refractivity contribution in [2.24, 2.45) is 0 Å². The van der Waals surface area contributed by atoms with E-state index in [9.17, 15) is 9.59 Å². The highest BCUT2D eigenvalue weighted by Crippen LogP contribution is 2.01. The minimum atomic E-state index is -0.156. The average Bonchev–Trinajstić information content (AvgIpc) is 2.27. The van der Waals surface area contributed by atoms with Crippen molar-refractivity contribution >= 4 is 12.2 Å². The second-order valence-corrected chi connectivity index (χ2v) is 3.07. The highest BCUT2D eigenvalue weighted by molar-refractivity contribution is 5.77. The van der Waals surface area contributed by atoms with Crippen LogP contribution >= 0.6 is 0 Å². The molecule has 0 bridgehead atoms. The predicted molar refractivity (Wildman–Crippen MR) is 55.6 cm³/mol. The first kappa shape index (κ1) is 11.4. The topological polar surface area (TPSA) is 55.4 Å². The molecule has 0 unspecified atom stereocenters. The van der Waals surface area contributed by atoms with Gasteiger partial charge in [0.1, 0.15) is 12.9 Å². The molecule has 0 aromatic heterocycles. The molecule has 0 radical (unpaired) electrons. The first-order valence-corrected chi connectivity index (χ1v) is 4.56. The zero-order valence-electron chi connectivity index (χ0n) is 8.53. The minimum absolute atomic E-state index is 0.0619. The van der Waals surface area contributed by atoms with Crippen LogP contribution in [0, 0.1) is 0 Å². The summed E-state index contributed by atoms with van der Waals surface area (Å²) in [7, 11) is 1.47. The van der Waals surface area contributed by atoms with Crippen LogP contribution in [-0.4, -0.2) is 25.9 Å². The van der Waals surface area contributed by atoms with Crippen LogP contribution in [0.15, 0.2) is 24.3 Å². The zero-order valence-corrected chi connectivity index (χ0v) is 8.53. The van der Waals surface area contributed by atoms with Crippen LogP contribution in [0.4, 0.5) is 0 Å². The van der Waals surface area contributed by atoms with Crippen molar-refractivity contribution in [3.8, 4) is 0 Å². The van der Waals surface area contributed by atoms with Crippen molar-refractivity contribution in [1.29, 1.82) is 0 Å². The van der Waals surface area contributed by atoms with Gasteiger partial charge in [-0.05, 0) is 5.56 Å². The monoisotopic (exact) mass is 207 g/mol. The fraction of sp³-hybridized carbons (Fsp3) is 0.273. The lowest BCUT2D eigenvalue weighted by Crippen LogP contribution is -2.26. The summed E-state index contributed by atoms with van der Waals surface area (Å²) in [6.07, 6.45) is 0.785. The van der Waals surface area contributed by atoms with E-state index >= 15 is 0 Å². The number of amides is 1. The number of ether oxygens (including phenoxy) is 1. The van der Waals surface area contributed by atoms with Gasteiger partial charge in [0.15, 0.2) is 0 Å². The number of aldehydes is 1. The van der Waals surface area contributed by atoms with Crippen LogP contribution in [0.5, 0.6) is 0 Å². The predicted octanol–water partition coefficient (Wildman–Crippen LogP) is 0.762. The van der Waals surface area contributed by atoms with Gasteiger partial charge in [0.25, 0.3) is 0 Å². The summed E-state index contributed by atoms with van der Waals surface area (Å²) in [5, 5.41) is 2.69. The Kier molecular flexibility index (Phi) is 4.50. The number of nitrogens with one attached hydrogen (secondary N) is 1. The fourth-order valence-electron chi connectivity index (χ4n) is 1.10. The van der Waals surface area contributed by atoms with E-state index in [1.165, 1.54) is 7.11 Å². The number of hydrogen-bond donors (Lipinski definition) is 1. The van der Waals surface area contributed by atoms with Crippen LogP contribution in [0.2, 0.25) is 0 Å². The molecule has 1 rings (SSSR count). The standard InChI is InChI=1S/C11H13NO3/c1-15-8-11(14)12-6-9-2-4-10(7-13)5-3-9/h2-5,7H,6,8H2,1H3,(H,12,14). The molecule has 1 N–H and O–H groups in total. The maximum absolute atomic E-state index is 11.0. The first-order valence-electron chi connectivity index (χ1n) is 4.56. The normalized spacial score (nSPS) is 9.67. The zero-order chi connectivity index (χ0) is 11.1. The van der Waals surface area contributed by atoms with Crippen LogP contribution in [0.3, 0.4) is 0 Å². The van der Waals surface area contributed by atoms with Gasteiger partial charge in [0.2, 0.25) is 5.91 Å². The molecule has 0 saturated heterocycles. The molecule has 4 heteroatoms. The van der Waals surface area contributed by atoms with Crippen LogP contribution in [0.25, 0.3) is 0 Å². The highest BCUT2D eigenvalue weighted by Gasteiger charge is 1.99. The number of rotatable bonds is 5. The summed E-state index contributed by atoms with van der Waals surface area (Å²) in [5.41, 5.74) is 1.58. The summed E-state index contributed by atoms with van der Waals surface area (Å²) < 4.78 is 4.67. The van der Waals surface area contributed by atoms with Crippen molar-refractivity contribution in [1.82, 2.24) is 5.32 Å². The molecule has 80 valence electrons. The van der Waals surface area contributed by atoms with E-state index in [2.05, 4.69) is 10.1 Å². The van der Waals surface area contributed by atoms with Crippen molar-refractivity contribution in [2.75, 3.05) is 13.7 Å². The summed E-state index contributed by atoms with van der Waals surface area (Å²) >= 11 is 0. The van der Waals surface area contributed by atoms with Crippen LogP contribution in [-0.2, 0) is 16.1 Å². The quantitative estimate of drug-likeness (QED) is 0.725. The Morgan fingerprint density at radius 2 is 2.07 bits per heavy atom. The number of hydrogen-bond acceptors (Lipinski definition) is 3. The first-order chi connectivity index (χ1) is 7.26. The van der Waals surface area contributed by atoms with Crippen LogP contribution in [0.1, 0.15) is 15.9 Å². The number of carbonyl (C=O) groups is 2. The molecule has 0 aliphatic rings. The molecule has 0 saturated carbocycles. The van der Waals surface area contributed by atoms with Crippen molar-refractivity contribution in [2.45, 2.75) is 6.54 Å². The number of methoxy groups -OCH3 is 1. The third kappa shape index (κ3) is 3.91. The summed E-state index contributed by atoms with van der Waals surface area (Å²) in [6.45, 7) is 0.508. The molecule has 0 aliphatic heterocycles. The Morgan fingerprint density at radius 1 is 1.40 bits per heavy atom. The Hall–Kier alpha value is -1.68. The van der Waals surface area contributed by atoms with E-state index in [4.69, 9.17) is 0 Å². The van der Waals surface area contributed by atoms with Crippen LogP contribution < -0.4 is 5.32 Å². The van der Waals surface area contributed by atoms with Crippen molar-refractivity contribution in [3.05, 3.63) is 35.4 Å². The van der Waals surface area contributed by atoms with Crippen molar-refractivity contribution < 1.29 is 14.3 Å². The largest absolute Gasteiger partial charge is 0.375 e. The lowest BCUT2D eigenvalue weighted by atomic mass is 10.1. The van der Waals surface area contributed by atoms with E-state index in [1.54, 1.807) is 24.3 Å². The molecule has 1 aromatic carbocycles. The molecule has 1 aromatic rings. The van der Waals surface area contributed by atoms with E-state index in [-0.39, 0.29) is 12.5 Å². The summed E-state index contributed by atoms with van der Waals surface area (Å²) in [6, 6.07) is 7.03. The molecule has 0 spiro atoms. The van der Waals surface area contributed by atoms with Gasteiger partial charge in [0, 0.05) is 19.2 Å². The summed E-state index contributed by atoms with van der Waals surface area (Å²) in [5.74, 6) is -0.156. The Morgan fingerprint density at radius 3 is 2.60 bits per heavy atom. The SMILES string of the molecule is COCC(=O)NCc1ccc(C=O)cc1. The third-order valence-corrected chi connectivity index (χ3v) is 1.88. The number of benzene rings is 1. The summed E-state index contributed by atoms with van der Waals surface area (Å²) in [4.78, 5) is 21.4. The molecule has 1 amide bonds. The average molecular weight is 207 g/mol. The minimum Gasteiger partial charge on any atom is -0.375 e. The second-order valence-electron chi connectivity index (χ2n) is 3.07. The van der Waals surface area contributed by atoms with Gasteiger partial charge >= 0.3 is 0 Å². The van der Waals surface area contributed by atoms with Gasteiger partial charge in [-0.25, -0.2) is 0 Å². The Balaban J connectivity index is 2.44. The van der Waals surface area contributed by atoms with E-state index in [1.807, 2.05) is 0 Å². The van der Waals surface area contributed by atoms with E-state index < -0.39 is 0 Å². The van der Waals surface area contributed by atoms with Gasteiger partial charge in [0.05, 0.1) is 0 Å². The maximum Gasteiger partial charge on any atom is 0.246 e. The molecular formula is C11H13NO3. The van der Waals surface area contributed by atoms with Gasteiger partial charge < -0.3 is 10.1 Å². The second kappa shape index (κ2) is 5.93. The van der Waals surface area contributed by atoms with Gasteiger partial charge in [-0.15, -0.1) is 0 Å². The smallest absolute Gasteiger partial charge is 0.246 e. The molecule has 0 fully saturated rings. The highest BCUT2D eigenvalue weighted by atomic mass is 16.5. The molecular weight excluding hydrogens is 194 g/mol. The fourth-order valence-corrected chi connectivity index (χ4v) is 1.10. The molecule has 15 heavy (non-hydrogen) atoms. The van der Waals surface area contributed by atoms with E-state index in [0.29, 0.717) is 12.1 Å². The number of carbonyl (C=O) groups excluding carboxylic acids is 2. The van der Waals surface area contributed by atoms with Gasteiger partial charge in [-0.3, -0.25) is 9.59 Å². The molecule has 4 nitrogen and oxygen atoms in total. The molecule has 0 atom stereocenters. The third-order valence-electron chi connectivity index (χ3n) is 1.88.